The summed E-state index contributed by atoms with van der Waals surface area (Å²) in [5, 5.41) is 3.74. The molecule has 0 saturated carbocycles. The van der Waals surface area contributed by atoms with Gasteiger partial charge in [-0.15, -0.1) is 11.3 Å². The lowest BCUT2D eigenvalue weighted by Crippen LogP contribution is -2.36. The molecule has 0 spiro atoms. The highest BCUT2D eigenvalue weighted by molar-refractivity contribution is 7.15. The molecular formula is C17H21N3O2S. The summed E-state index contributed by atoms with van der Waals surface area (Å²) in [6.45, 7) is 0.0293. The highest BCUT2D eigenvalue weighted by Gasteiger charge is 2.26. The number of rotatable bonds is 4. The maximum atomic E-state index is 12.7. The molecule has 23 heavy (non-hydrogen) atoms. The Balaban J connectivity index is 1.92. The van der Waals surface area contributed by atoms with E-state index in [-0.39, 0.29) is 18.4 Å². The third kappa shape index (κ3) is 3.17. The topological polar surface area (TPSA) is 54.3 Å². The largest absolute Gasteiger partial charge is 0.347 e. The number of hydrogen-bond donors (Lipinski definition) is 1. The quantitative estimate of drug-likeness (QED) is 0.934. The molecule has 0 bridgehead atoms. The number of carbonyl (C=O) groups excluding carboxylic acids is 2. The highest BCUT2D eigenvalue weighted by Crippen LogP contribution is 2.36. The number of carbonyl (C=O) groups is 2. The number of aromatic nitrogens is 1. The molecule has 1 aliphatic carbocycles. The van der Waals surface area contributed by atoms with Crippen LogP contribution in [0.2, 0.25) is 0 Å². The van der Waals surface area contributed by atoms with Gasteiger partial charge in [0.15, 0.2) is 0 Å². The molecular weight excluding hydrogens is 310 g/mol. The smallest absolute Gasteiger partial charge is 0.255 e. The van der Waals surface area contributed by atoms with Crippen molar-refractivity contribution in [2.75, 3.05) is 20.6 Å². The van der Waals surface area contributed by atoms with Crippen LogP contribution in [-0.2, 0) is 17.6 Å². The molecule has 1 aliphatic rings. The zero-order chi connectivity index (χ0) is 16.4. The van der Waals surface area contributed by atoms with E-state index in [1.165, 1.54) is 21.8 Å². The van der Waals surface area contributed by atoms with Crippen LogP contribution in [-0.4, -0.2) is 41.9 Å². The van der Waals surface area contributed by atoms with Crippen LogP contribution in [0, 0.1) is 0 Å². The van der Waals surface area contributed by atoms with E-state index in [4.69, 9.17) is 0 Å². The molecule has 0 aromatic carbocycles. The number of fused-ring (bicyclic) bond motifs is 1. The maximum Gasteiger partial charge on any atom is 0.255 e. The highest BCUT2D eigenvalue weighted by atomic mass is 32.1. The first-order valence-corrected chi connectivity index (χ1v) is 8.66. The second-order valence-corrected chi connectivity index (χ2v) is 7.04. The van der Waals surface area contributed by atoms with Crippen LogP contribution in [0.5, 0.6) is 0 Å². The monoisotopic (exact) mass is 331 g/mol. The number of likely N-dealkylation sites (N-methyl/N-ethyl adjacent to an activating group) is 1. The lowest BCUT2D eigenvalue weighted by molar-refractivity contribution is -0.127. The summed E-state index contributed by atoms with van der Waals surface area (Å²) in [6, 6.07) is 3.91. The van der Waals surface area contributed by atoms with Crippen molar-refractivity contribution in [1.82, 2.24) is 14.8 Å². The fraction of sp³-hybridized carbons (Fsp3) is 0.412. The Morgan fingerprint density at radius 1 is 1.22 bits per heavy atom. The van der Waals surface area contributed by atoms with Crippen molar-refractivity contribution in [1.29, 1.82) is 0 Å². The molecule has 5 nitrogen and oxygen atoms in total. The van der Waals surface area contributed by atoms with Crippen LogP contribution >= 0.6 is 11.3 Å². The van der Waals surface area contributed by atoms with E-state index in [2.05, 4.69) is 5.32 Å². The first-order valence-electron chi connectivity index (χ1n) is 7.84. The van der Waals surface area contributed by atoms with Crippen LogP contribution in [0.4, 0.5) is 0 Å². The molecule has 2 aromatic rings. The van der Waals surface area contributed by atoms with E-state index >= 15 is 0 Å². The predicted octanol–water partition coefficient (Wildman–Crippen LogP) is 2.24. The lowest BCUT2D eigenvalue weighted by Gasteiger charge is -2.14. The molecule has 0 fully saturated rings. The first-order chi connectivity index (χ1) is 11.1. The minimum Gasteiger partial charge on any atom is -0.347 e. The summed E-state index contributed by atoms with van der Waals surface area (Å²) in [4.78, 5) is 27.3. The van der Waals surface area contributed by atoms with Crippen molar-refractivity contribution in [2.24, 2.45) is 0 Å². The van der Waals surface area contributed by atoms with Gasteiger partial charge in [-0.25, -0.2) is 0 Å². The number of hydrogen-bond acceptors (Lipinski definition) is 3. The van der Waals surface area contributed by atoms with E-state index in [1.54, 1.807) is 25.4 Å². The fourth-order valence-corrected chi connectivity index (χ4v) is 4.19. The summed E-state index contributed by atoms with van der Waals surface area (Å²) < 4.78 is 1.99. The zero-order valence-corrected chi connectivity index (χ0v) is 14.3. The van der Waals surface area contributed by atoms with Gasteiger partial charge in [-0.3, -0.25) is 9.59 Å². The molecule has 0 saturated heterocycles. The number of aryl methyl sites for hydroxylation is 1. The van der Waals surface area contributed by atoms with E-state index in [9.17, 15) is 9.59 Å². The molecule has 0 aliphatic heterocycles. The minimum absolute atomic E-state index is 0.0293. The van der Waals surface area contributed by atoms with Crippen molar-refractivity contribution in [3.05, 3.63) is 40.5 Å². The van der Waals surface area contributed by atoms with Gasteiger partial charge in [-0.1, -0.05) is 0 Å². The van der Waals surface area contributed by atoms with Gasteiger partial charge >= 0.3 is 0 Å². The van der Waals surface area contributed by atoms with Gasteiger partial charge in [0.25, 0.3) is 5.91 Å². The third-order valence-corrected chi connectivity index (χ3v) is 5.42. The predicted molar refractivity (Wildman–Crippen MR) is 91.3 cm³/mol. The van der Waals surface area contributed by atoms with Crippen molar-refractivity contribution in [3.8, 4) is 5.00 Å². The van der Waals surface area contributed by atoms with Crippen molar-refractivity contribution in [2.45, 2.75) is 25.7 Å². The molecule has 122 valence electrons. The van der Waals surface area contributed by atoms with Crippen LogP contribution in [0.3, 0.4) is 0 Å². The Morgan fingerprint density at radius 2 is 1.91 bits per heavy atom. The number of thiophene rings is 1. The van der Waals surface area contributed by atoms with Crippen molar-refractivity contribution >= 4 is 23.2 Å². The van der Waals surface area contributed by atoms with Crippen LogP contribution in [0.15, 0.2) is 24.5 Å². The van der Waals surface area contributed by atoms with Gasteiger partial charge in [0, 0.05) is 31.4 Å². The van der Waals surface area contributed by atoms with Gasteiger partial charge in [0.05, 0.1) is 12.1 Å². The normalized spacial score (nSPS) is 13.5. The van der Waals surface area contributed by atoms with Gasteiger partial charge in [0.2, 0.25) is 5.91 Å². The number of nitrogens with one attached hydrogen (secondary N) is 1. The van der Waals surface area contributed by atoms with Crippen LogP contribution in [0.1, 0.15) is 33.6 Å². The second-order valence-electron chi connectivity index (χ2n) is 5.95. The Hall–Kier alpha value is -2.08. The maximum absolute atomic E-state index is 12.7. The summed E-state index contributed by atoms with van der Waals surface area (Å²) in [7, 11) is 3.37. The molecule has 0 atom stereocenters. The molecule has 3 rings (SSSR count). The van der Waals surface area contributed by atoms with Gasteiger partial charge in [-0.2, -0.15) is 0 Å². The van der Waals surface area contributed by atoms with E-state index in [0.29, 0.717) is 0 Å². The summed E-state index contributed by atoms with van der Waals surface area (Å²) >= 11 is 1.70. The molecule has 0 radical (unpaired) electrons. The molecule has 6 heteroatoms. The lowest BCUT2D eigenvalue weighted by atomic mass is 9.95. The summed E-state index contributed by atoms with van der Waals surface area (Å²) in [6.07, 6.45) is 8.19. The third-order valence-electron chi connectivity index (χ3n) is 4.12. The average Bonchev–Trinajstić information content (AvgIpc) is 3.18. The molecule has 2 amide bonds. The first kappa shape index (κ1) is 15.8. The SMILES string of the molecule is CN(C)C(=O)CNC(=O)c1c(-n2cccc2)sc2c1CCCC2. The van der Waals surface area contributed by atoms with E-state index in [0.717, 1.165) is 29.8 Å². The standard InChI is InChI=1S/C17H21N3O2S/c1-19(2)14(21)11-18-16(22)15-12-7-3-4-8-13(12)23-17(15)20-9-5-6-10-20/h5-6,9-10H,3-4,7-8,11H2,1-2H3,(H,18,22). The van der Waals surface area contributed by atoms with E-state index < -0.39 is 0 Å². The van der Waals surface area contributed by atoms with Gasteiger partial charge < -0.3 is 14.8 Å². The summed E-state index contributed by atoms with van der Waals surface area (Å²) in [5.74, 6) is -0.256. The Kier molecular flexibility index (Phi) is 4.52. The second kappa shape index (κ2) is 6.58. The van der Waals surface area contributed by atoms with Crippen molar-refractivity contribution in [3.63, 3.8) is 0 Å². The number of amides is 2. The zero-order valence-electron chi connectivity index (χ0n) is 13.5. The van der Waals surface area contributed by atoms with E-state index in [1.807, 2.05) is 29.1 Å². The summed E-state index contributed by atoms with van der Waals surface area (Å²) in [5.41, 5.74) is 1.91. The Labute approximate surface area is 139 Å². The molecule has 0 unspecified atom stereocenters. The minimum atomic E-state index is -0.150. The fourth-order valence-electron chi connectivity index (χ4n) is 2.84. The Morgan fingerprint density at radius 3 is 2.61 bits per heavy atom. The van der Waals surface area contributed by atoms with Gasteiger partial charge in [0.1, 0.15) is 5.00 Å². The van der Waals surface area contributed by atoms with Crippen LogP contribution < -0.4 is 5.32 Å². The number of nitrogens with zero attached hydrogens (tertiary/aromatic N) is 2. The molecule has 2 heterocycles. The Bertz CT molecular complexity index is 717. The van der Waals surface area contributed by atoms with Crippen LogP contribution in [0.25, 0.3) is 5.00 Å². The molecule has 1 N–H and O–H groups in total. The van der Waals surface area contributed by atoms with Gasteiger partial charge in [-0.05, 0) is 43.4 Å². The average molecular weight is 331 g/mol. The molecule has 2 aromatic heterocycles. The van der Waals surface area contributed by atoms with Crippen molar-refractivity contribution < 1.29 is 9.59 Å².